The minimum absolute atomic E-state index is 0.176. The normalized spacial score (nSPS) is 11.7. The van der Waals surface area contributed by atoms with Crippen LogP contribution < -0.4 is 0 Å². The summed E-state index contributed by atoms with van der Waals surface area (Å²) in [5.41, 5.74) is 2.99. The van der Waals surface area contributed by atoms with Crippen LogP contribution in [-0.2, 0) is 9.05 Å². The first-order valence-electron chi connectivity index (χ1n) is 3.85. The second-order valence-corrected chi connectivity index (χ2v) is 5.69. The van der Waals surface area contributed by atoms with Gasteiger partial charge in [-0.2, -0.15) is 0 Å². The first kappa shape index (κ1) is 10.5. The molecule has 0 spiro atoms. The Hall–Kier alpha value is -0.540. The van der Waals surface area contributed by atoms with Crippen molar-refractivity contribution in [2.24, 2.45) is 0 Å². The van der Waals surface area contributed by atoms with Gasteiger partial charge in [0.2, 0.25) is 0 Å². The van der Waals surface area contributed by atoms with E-state index in [2.05, 4.69) is 0 Å². The fourth-order valence-electron chi connectivity index (χ4n) is 1.14. The quantitative estimate of drug-likeness (QED) is 0.679. The highest BCUT2D eigenvalue weighted by Crippen LogP contribution is 2.21. The highest BCUT2D eigenvalue weighted by Gasteiger charge is 2.11. The predicted octanol–water partition coefficient (Wildman–Crippen LogP) is 2.54. The Morgan fingerprint density at radius 3 is 1.77 bits per heavy atom. The summed E-state index contributed by atoms with van der Waals surface area (Å²) in [4.78, 5) is 0.176. The molecule has 0 aliphatic rings. The van der Waals surface area contributed by atoms with Crippen molar-refractivity contribution in [2.75, 3.05) is 0 Å². The topological polar surface area (TPSA) is 34.1 Å². The molecule has 0 N–H and O–H groups in total. The van der Waals surface area contributed by atoms with E-state index in [1.807, 2.05) is 20.8 Å². The standard InChI is InChI=1S/C9H11ClO2S/c1-6-4-9(13(10,11)12)5-7(2)8(6)3/h4-5H,1-3H3. The molecule has 2 nitrogen and oxygen atoms in total. The van der Waals surface area contributed by atoms with Gasteiger partial charge in [0.05, 0.1) is 4.90 Å². The summed E-state index contributed by atoms with van der Waals surface area (Å²) >= 11 is 0. The lowest BCUT2D eigenvalue weighted by Gasteiger charge is -2.06. The van der Waals surface area contributed by atoms with Crippen molar-refractivity contribution >= 4 is 19.7 Å². The summed E-state index contributed by atoms with van der Waals surface area (Å²) in [6.07, 6.45) is 0. The molecular formula is C9H11ClO2S. The summed E-state index contributed by atoms with van der Waals surface area (Å²) in [6, 6.07) is 3.18. The predicted molar refractivity (Wildman–Crippen MR) is 53.7 cm³/mol. The van der Waals surface area contributed by atoms with Gasteiger partial charge < -0.3 is 0 Å². The molecule has 0 aliphatic carbocycles. The molecule has 0 heterocycles. The number of benzene rings is 1. The van der Waals surface area contributed by atoms with Gasteiger partial charge in [-0.25, -0.2) is 8.42 Å². The summed E-state index contributed by atoms with van der Waals surface area (Å²) in [6.45, 7) is 5.69. The lowest BCUT2D eigenvalue weighted by atomic mass is 10.1. The molecular weight excluding hydrogens is 208 g/mol. The average molecular weight is 219 g/mol. The Morgan fingerprint density at radius 2 is 1.46 bits per heavy atom. The molecule has 1 rings (SSSR count). The zero-order valence-electron chi connectivity index (χ0n) is 7.76. The molecule has 0 unspecified atom stereocenters. The van der Waals surface area contributed by atoms with E-state index in [0.29, 0.717) is 0 Å². The third-order valence-electron chi connectivity index (χ3n) is 2.18. The number of halogens is 1. The monoisotopic (exact) mass is 218 g/mol. The molecule has 1 aromatic carbocycles. The largest absolute Gasteiger partial charge is 0.261 e. The van der Waals surface area contributed by atoms with E-state index in [-0.39, 0.29) is 4.90 Å². The molecule has 1 aromatic rings. The maximum atomic E-state index is 11.0. The summed E-state index contributed by atoms with van der Waals surface area (Å²) in [7, 11) is 1.63. The number of rotatable bonds is 1. The highest BCUT2D eigenvalue weighted by atomic mass is 35.7. The Bertz CT molecular complexity index is 412. The highest BCUT2D eigenvalue weighted by molar-refractivity contribution is 8.13. The maximum Gasteiger partial charge on any atom is 0.261 e. The van der Waals surface area contributed by atoms with E-state index < -0.39 is 9.05 Å². The van der Waals surface area contributed by atoms with Crippen molar-refractivity contribution < 1.29 is 8.42 Å². The van der Waals surface area contributed by atoms with Crippen molar-refractivity contribution in [1.29, 1.82) is 0 Å². The van der Waals surface area contributed by atoms with Crippen LogP contribution in [0.4, 0.5) is 0 Å². The molecule has 0 aromatic heterocycles. The second kappa shape index (κ2) is 3.31. The van der Waals surface area contributed by atoms with Crippen LogP contribution in [0.25, 0.3) is 0 Å². The fourth-order valence-corrected chi connectivity index (χ4v) is 2.04. The molecule has 0 amide bonds. The van der Waals surface area contributed by atoms with E-state index >= 15 is 0 Å². The van der Waals surface area contributed by atoms with Crippen LogP contribution in [-0.4, -0.2) is 8.42 Å². The van der Waals surface area contributed by atoms with Gasteiger partial charge >= 0.3 is 0 Å². The smallest absolute Gasteiger partial charge is 0.207 e. The van der Waals surface area contributed by atoms with E-state index in [4.69, 9.17) is 10.7 Å². The molecule has 0 bridgehead atoms. The molecule has 0 saturated carbocycles. The molecule has 0 radical (unpaired) electrons. The lowest BCUT2D eigenvalue weighted by molar-refractivity contribution is 0.609. The molecule has 13 heavy (non-hydrogen) atoms. The van der Waals surface area contributed by atoms with Crippen molar-refractivity contribution in [1.82, 2.24) is 0 Å². The first-order valence-corrected chi connectivity index (χ1v) is 6.16. The minimum atomic E-state index is -3.59. The van der Waals surface area contributed by atoms with Crippen LogP contribution in [0.2, 0.25) is 0 Å². The van der Waals surface area contributed by atoms with Gasteiger partial charge in [-0.15, -0.1) is 0 Å². The summed E-state index contributed by atoms with van der Waals surface area (Å²) in [5.74, 6) is 0. The first-order chi connectivity index (χ1) is 5.82. The van der Waals surface area contributed by atoms with Gasteiger partial charge in [0.1, 0.15) is 0 Å². The molecule has 0 aliphatic heterocycles. The number of aryl methyl sites for hydroxylation is 2. The zero-order valence-corrected chi connectivity index (χ0v) is 9.33. The molecule has 4 heteroatoms. The van der Waals surface area contributed by atoms with Gasteiger partial charge in [-0.1, -0.05) is 0 Å². The Balaban J connectivity index is 3.47. The molecule has 0 atom stereocenters. The molecule has 0 saturated heterocycles. The fraction of sp³-hybridized carbons (Fsp3) is 0.333. The molecule has 0 fully saturated rings. The zero-order chi connectivity index (χ0) is 10.2. The van der Waals surface area contributed by atoms with Crippen molar-refractivity contribution in [2.45, 2.75) is 25.7 Å². The van der Waals surface area contributed by atoms with E-state index in [9.17, 15) is 8.42 Å². The van der Waals surface area contributed by atoms with E-state index in [1.165, 1.54) is 0 Å². The van der Waals surface area contributed by atoms with Gasteiger partial charge in [0.25, 0.3) is 9.05 Å². The van der Waals surface area contributed by atoms with Gasteiger partial charge in [0.15, 0.2) is 0 Å². The van der Waals surface area contributed by atoms with Crippen molar-refractivity contribution in [3.63, 3.8) is 0 Å². The Labute approximate surface area is 83.0 Å². The van der Waals surface area contributed by atoms with Crippen LogP contribution in [0, 0.1) is 20.8 Å². The SMILES string of the molecule is Cc1cc(S(=O)(=O)Cl)cc(C)c1C. The third kappa shape index (κ3) is 2.23. The maximum absolute atomic E-state index is 11.0. The van der Waals surface area contributed by atoms with Crippen LogP contribution in [0.1, 0.15) is 16.7 Å². The van der Waals surface area contributed by atoms with Gasteiger partial charge in [-0.05, 0) is 49.6 Å². The average Bonchev–Trinajstić information content (AvgIpc) is 1.97. The third-order valence-corrected chi connectivity index (χ3v) is 3.52. The van der Waals surface area contributed by atoms with Gasteiger partial charge in [0, 0.05) is 10.7 Å². The van der Waals surface area contributed by atoms with Crippen LogP contribution in [0.3, 0.4) is 0 Å². The van der Waals surface area contributed by atoms with Gasteiger partial charge in [-0.3, -0.25) is 0 Å². The number of hydrogen-bond acceptors (Lipinski definition) is 2. The van der Waals surface area contributed by atoms with Crippen molar-refractivity contribution in [3.8, 4) is 0 Å². The summed E-state index contributed by atoms with van der Waals surface area (Å²) in [5, 5.41) is 0. The summed E-state index contributed by atoms with van der Waals surface area (Å²) < 4.78 is 22.0. The lowest BCUT2D eigenvalue weighted by Crippen LogP contribution is -1.95. The minimum Gasteiger partial charge on any atom is -0.207 e. The van der Waals surface area contributed by atoms with Crippen LogP contribution in [0.15, 0.2) is 17.0 Å². The van der Waals surface area contributed by atoms with E-state index in [1.54, 1.807) is 12.1 Å². The Kier molecular flexibility index (Phi) is 2.68. The van der Waals surface area contributed by atoms with Crippen LogP contribution in [0.5, 0.6) is 0 Å². The van der Waals surface area contributed by atoms with Crippen LogP contribution >= 0.6 is 10.7 Å². The molecule has 72 valence electrons. The Morgan fingerprint density at radius 1 is 1.08 bits per heavy atom. The number of hydrogen-bond donors (Lipinski definition) is 0. The van der Waals surface area contributed by atoms with Crippen molar-refractivity contribution in [3.05, 3.63) is 28.8 Å². The second-order valence-electron chi connectivity index (χ2n) is 3.12. The van der Waals surface area contributed by atoms with E-state index in [0.717, 1.165) is 16.7 Å².